The number of carbonyl (C=O) groups is 1. The quantitative estimate of drug-likeness (QED) is 0.380. The van der Waals surface area contributed by atoms with E-state index in [1.165, 1.54) is 12.3 Å². The zero-order chi connectivity index (χ0) is 22.2. The number of pyridine rings is 1. The number of carbonyl (C=O) groups excluding carboxylic acids is 1. The molecule has 9 heteroatoms. The number of ether oxygens (including phenoxy) is 1. The number of nitrogens with zero attached hydrogens (tertiary/aromatic N) is 3. The van der Waals surface area contributed by atoms with Crippen molar-refractivity contribution in [1.82, 2.24) is 9.88 Å². The zero-order valence-electron chi connectivity index (χ0n) is 17.5. The van der Waals surface area contributed by atoms with E-state index in [1.54, 1.807) is 0 Å². The van der Waals surface area contributed by atoms with Crippen molar-refractivity contribution < 1.29 is 14.5 Å². The van der Waals surface area contributed by atoms with Crippen LogP contribution in [0.15, 0.2) is 42.6 Å². The van der Waals surface area contributed by atoms with Gasteiger partial charge in [-0.2, -0.15) is 0 Å². The minimum Gasteiger partial charge on any atom is -0.441 e. The van der Waals surface area contributed by atoms with E-state index in [1.807, 2.05) is 49.1 Å². The minimum absolute atomic E-state index is 0.0496. The highest BCUT2D eigenvalue weighted by Crippen LogP contribution is 2.44. The molecule has 1 saturated carbocycles. The van der Waals surface area contributed by atoms with Gasteiger partial charge in [-0.3, -0.25) is 15.0 Å². The van der Waals surface area contributed by atoms with Gasteiger partial charge in [-0.1, -0.05) is 41.9 Å². The zero-order valence-corrected chi connectivity index (χ0v) is 18.2. The molecule has 1 aliphatic heterocycles. The van der Waals surface area contributed by atoms with Gasteiger partial charge in [-0.25, -0.2) is 9.78 Å². The van der Waals surface area contributed by atoms with E-state index in [0.29, 0.717) is 5.69 Å². The number of nitro groups is 1. The molecule has 4 rings (SSSR count). The number of halogens is 1. The number of anilines is 1. The summed E-state index contributed by atoms with van der Waals surface area (Å²) in [4.78, 5) is 29.3. The highest BCUT2D eigenvalue weighted by molar-refractivity contribution is 6.29. The van der Waals surface area contributed by atoms with E-state index in [0.717, 1.165) is 31.2 Å². The summed E-state index contributed by atoms with van der Waals surface area (Å²) < 4.78 is 5.73. The maximum Gasteiger partial charge on any atom is 0.411 e. The van der Waals surface area contributed by atoms with Crippen molar-refractivity contribution in [3.05, 3.63) is 63.4 Å². The molecule has 1 saturated heterocycles. The molecule has 164 valence electrons. The van der Waals surface area contributed by atoms with Gasteiger partial charge in [0.15, 0.2) is 0 Å². The van der Waals surface area contributed by atoms with Crippen LogP contribution in [-0.4, -0.2) is 38.6 Å². The molecule has 0 bridgehead atoms. The summed E-state index contributed by atoms with van der Waals surface area (Å²) in [6.45, 7) is 3.89. The third kappa shape index (κ3) is 4.30. The lowest BCUT2D eigenvalue weighted by Gasteiger charge is -2.38. The largest absolute Gasteiger partial charge is 0.441 e. The third-order valence-electron chi connectivity index (χ3n) is 6.11. The number of rotatable bonds is 5. The standard InChI is InChI=1S/C22H25ClN4O4/c1-22(2)20(14-6-4-3-5-7-14)26(21(28)31-22)16-10-8-15(9-11-16)25-17-12-19(23)24-13-18(17)27(29)30/h3-7,12-13,15-16,20H,8-11H2,1-2H3,(H,24,25)/t15?,16?,20-/m0/s1. The van der Waals surface area contributed by atoms with E-state index >= 15 is 0 Å². The molecular weight excluding hydrogens is 420 g/mol. The van der Waals surface area contributed by atoms with Gasteiger partial charge in [-0.05, 0) is 45.1 Å². The Morgan fingerprint density at radius 2 is 1.90 bits per heavy atom. The van der Waals surface area contributed by atoms with Crippen LogP contribution in [0.2, 0.25) is 5.15 Å². The van der Waals surface area contributed by atoms with Crippen molar-refractivity contribution in [3.63, 3.8) is 0 Å². The van der Waals surface area contributed by atoms with Crippen molar-refractivity contribution in [3.8, 4) is 0 Å². The van der Waals surface area contributed by atoms with Crippen LogP contribution in [0.4, 0.5) is 16.2 Å². The summed E-state index contributed by atoms with van der Waals surface area (Å²) in [5.41, 5.74) is 0.709. The molecule has 1 amide bonds. The van der Waals surface area contributed by atoms with E-state index in [9.17, 15) is 14.9 Å². The number of hydrogen-bond donors (Lipinski definition) is 1. The Bertz CT molecular complexity index is 977. The average molecular weight is 445 g/mol. The molecule has 2 aromatic rings. The summed E-state index contributed by atoms with van der Waals surface area (Å²) >= 11 is 5.93. The van der Waals surface area contributed by atoms with Gasteiger partial charge in [0.05, 0.1) is 11.0 Å². The number of aromatic nitrogens is 1. The fourth-order valence-corrected chi connectivity index (χ4v) is 4.89. The maximum absolute atomic E-state index is 12.8. The van der Waals surface area contributed by atoms with Crippen LogP contribution in [0.1, 0.15) is 51.1 Å². The number of benzene rings is 1. The second kappa shape index (κ2) is 8.34. The smallest absolute Gasteiger partial charge is 0.411 e. The number of hydrogen-bond acceptors (Lipinski definition) is 6. The molecule has 2 fully saturated rings. The third-order valence-corrected chi connectivity index (χ3v) is 6.32. The Balaban J connectivity index is 1.48. The molecule has 2 heterocycles. The molecule has 1 N–H and O–H groups in total. The number of cyclic esters (lactones) is 1. The van der Waals surface area contributed by atoms with E-state index in [4.69, 9.17) is 16.3 Å². The maximum atomic E-state index is 12.8. The first-order valence-corrected chi connectivity index (χ1v) is 10.8. The molecule has 1 aromatic carbocycles. The van der Waals surface area contributed by atoms with Crippen LogP contribution < -0.4 is 5.32 Å². The molecule has 31 heavy (non-hydrogen) atoms. The van der Waals surface area contributed by atoms with Gasteiger partial charge in [0, 0.05) is 18.2 Å². The fraction of sp³-hybridized carbons (Fsp3) is 0.455. The van der Waals surface area contributed by atoms with E-state index < -0.39 is 10.5 Å². The highest BCUT2D eigenvalue weighted by atomic mass is 35.5. The number of amides is 1. The summed E-state index contributed by atoms with van der Waals surface area (Å²) in [5.74, 6) is 0. The van der Waals surface area contributed by atoms with Crippen molar-refractivity contribution >= 4 is 29.1 Å². The predicted molar refractivity (Wildman–Crippen MR) is 117 cm³/mol. The second-order valence-corrected chi connectivity index (χ2v) is 9.01. The first-order valence-electron chi connectivity index (χ1n) is 10.4. The van der Waals surface area contributed by atoms with Crippen molar-refractivity contribution in [2.75, 3.05) is 5.32 Å². The van der Waals surface area contributed by atoms with Crippen LogP contribution in [0, 0.1) is 10.1 Å². The van der Waals surface area contributed by atoms with Gasteiger partial charge in [0.1, 0.15) is 22.6 Å². The van der Waals surface area contributed by atoms with E-state index in [2.05, 4.69) is 10.3 Å². The predicted octanol–water partition coefficient (Wildman–Crippen LogP) is 5.34. The Labute approximate surface area is 185 Å². The molecule has 8 nitrogen and oxygen atoms in total. The molecule has 1 aliphatic carbocycles. The Hall–Kier alpha value is -2.87. The molecule has 1 aromatic heterocycles. The van der Waals surface area contributed by atoms with Gasteiger partial charge in [-0.15, -0.1) is 0 Å². The fourth-order valence-electron chi connectivity index (χ4n) is 4.73. The lowest BCUT2D eigenvalue weighted by atomic mass is 9.86. The second-order valence-electron chi connectivity index (χ2n) is 8.62. The molecule has 0 spiro atoms. The van der Waals surface area contributed by atoms with Crippen molar-refractivity contribution in [1.29, 1.82) is 0 Å². The highest BCUT2D eigenvalue weighted by Gasteiger charge is 2.51. The first-order chi connectivity index (χ1) is 14.8. The summed E-state index contributed by atoms with van der Waals surface area (Å²) in [6, 6.07) is 11.4. The lowest BCUT2D eigenvalue weighted by Crippen LogP contribution is -2.44. The van der Waals surface area contributed by atoms with Crippen LogP contribution in [0.5, 0.6) is 0 Å². The molecular formula is C22H25ClN4O4. The molecule has 0 unspecified atom stereocenters. The van der Waals surface area contributed by atoms with Crippen LogP contribution in [0.25, 0.3) is 0 Å². The topological polar surface area (TPSA) is 97.6 Å². The monoisotopic (exact) mass is 444 g/mol. The summed E-state index contributed by atoms with van der Waals surface area (Å²) in [5, 5.41) is 14.7. The summed E-state index contributed by atoms with van der Waals surface area (Å²) in [7, 11) is 0. The summed E-state index contributed by atoms with van der Waals surface area (Å²) in [6.07, 6.45) is 3.98. The van der Waals surface area contributed by atoms with Gasteiger partial charge in [0.2, 0.25) is 0 Å². The average Bonchev–Trinajstić information content (AvgIpc) is 2.97. The molecule has 0 radical (unpaired) electrons. The van der Waals surface area contributed by atoms with Crippen LogP contribution >= 0.6 is 11.6 Å². The van der Waals surface area contributed by atoms with E-state index in [-0.39, 0.29) is 35.1 Å². The molecule has 1 atom stereocenters. The van der Waals surface area contributed by atoms with Crippen LogP contribution in [-0.2, 0) is 4.74 Å². The van der Waals surface area contributed by atoms with Gasteiger partial charge < -0.3 is 10.1 Å². The first kappa shape index (κ1) is 21.4. The SMILES string of the molecule is CC1(C)OC(=O)N(C2CCC(Nc3cc(Cl)ncc3[N+](=O)[O-])CC2)[C@H]1c1ccccc1. The van der Waals surface area contributed by atoms with Gasteiger partial charge in [0.25, 0.3) is 0 Å². The Morgan fingerprint density at radius 3 is 2.55 bits per heavy atom. The molecule has 2 aliphatic rings. The normalized spacial score (nSPS) is 25.2. The number of nitrogens with one attached hydrogen (secondary N) is 1. The lowest BCUT2D eigenvalue weighted by molar-refractivity contribution is -0.384. The Kier molecular flexibility index (Phi) is 5.75. The van der Waals surface area contributed by atoms with Crippen molar-refractivity contribution in [2.45, 2.75) is 63.3 Å². The van der Waals surface area contributed by atoms with Crippen LogP contribution in [0.3, 0.4) is 0 Å². The van der Waals surface area contributed by atoms with Gasteiger partial charge >= 0.3 is 11.8 Å². The Morgan fingerprint density at radius 1 is 1.23 bits per heavy atom. The minimum atomic E-state index is -0.623. The van der Waals surface area contributed by atoms with Crippen molar-refractivity contribution in [2.24, 2.45) is 0 Å².